The zero-order valence-electron chi connectivity index (χ0n) is 12.3. The summed E-state index contributed by atoms with van der Waals surface area (Å²) in [7, 11) is -0.768. The Morgan fingerprint density at radius 2 is 1.79 bits per heavy atom. The average molecular weight is 275 g/mol. The van der Waals surface area contributed by atoms with Crippen molar-refractivity contribution in [1.82, 2.24) is 0 Å². The van der Waals surface area contributed by atoms with E-state index < -0.39 is 10.0 Å². The van der Waals surface area contributed by atoms with Gasteiger partial charge in [0, 0.05) is 11.1 Å². The molecule has 0 spiro atoms. The first-order valence-electron chi connectivity index (χ1n) is 7.00. The van der Waals surface area contributed by atoms with Gasteiger partial charge in [-0.05, 0) is 54.6 Å². The Morgan fingerprint density at radius 3 is 2.42 bits per heavy atom. The first-order chi connectivity index (χ1) is 8.89. The van der Waals surface area contributed by atoms with E-state index in [9.17, 15) is 0 Å². The lowest BCUT2D eigenvalue weighted by Gasteiger charge is -2.34. The topological polar surface area (TPSA) is 26.0 Å². The molecule has 1 aromatic carbocycles. The van der Waals surface area contributed by atoms with Crippen LogP contribution in [0.1, 0.15) is 43.2 Å². The van der Waals surface area contributed by atoms with Crippen LogP contribution in [0.4, 0.5) is 0 Å². The van der Waals surface area contributed by atoms with Crippen molar-refractivity contribution < 1.29 is 0 Å². The molecule has 0 aliphatic heterocycles. The van der Waals surface area contributed by atoms with E-state index in [2.05, 4.69) is 54.2 Å². The third kappa shape index (κ3) is 4.03. The molecule has 1 aliphatic rings. The van der Waals surface area contributed by atoms with Crippen LogP contribution in [0.2, 0.25) is 0 Å². The first kappa shape index (κ1) is 14.5. The molecule has 0 unspecified atom stereocenters. The average Bonchev–Trinajstić information content (AvgIpc) is 2.37. The van der Waals surface area contributed by atoms with Crippen molar-refractivity contribution in [2.45, 2.75) is 37.6 Å². The molecule has 0 bridgehead atoms. The maximum absolute atomic E-state index is 6.59. The van der Waals surface area contributed by atoms with Crippen molar-refractivity contribution in [3.63, 3.8) is 0 Å². The molecule has 0 atom stereocenters. The predicted molar refractivity (Wildman–Crippen MR) is 87.6 cm³/mol. The number of benzene rings is 1. The van der Waals surface area contributed by atoms with Gasteiger partial charge in [-0.2, -0.15) is 10.0 Å². The fraction of sp³-hybridized carbons (Fsp3) is 0.529. The molecule has 0 aromatic heterocycles. The quantitative estimate of drug-likeness (QED) is 0.775. The zero-order chi connectivity index (χ0) is 13.9. The van der Waals surface area contributed by atoms with E-state index >= 15 is 0 Å². The van der Waals surface area contributed by atoms with Gasteiger partial charge in [-0.3, -0.25) is 0 Å². The highest BCUT2D eigenvalue weighted by molar-refractivity contribution is 8.35. The summed E-state index contributed by atoms with van der Waals surface area (Å²) >= 11 is 0. The van der Waals surface area contributed by atoms with E-state index in [1.807, 2.05) is 0 Å². The molecular formula is C17H25NS. The lowest BCUT2D eigenvalue weighted by molar-refractivity contribution is 0.302. The van der Waals surface area contributed by atoms with Crippen LogP contribution in [0.15, 0.2) is 24.3 Å². The third-order valence-electron chi connectivity index (χ3n) is 3.68. The molecule has 1 fully saturated rings. The van der Waals surface area contributed by atoms with E-state index in [-0.39, 0.29) is 5.54 Å². The molecule has 2 heteroatoms. The minimum Gasteiger partial charge on any atom is -0.321 e. The normalized spacial score (nSPS) is 19.4. The highest BCUT2D eigenvalue weighted by atomic mass is 32.3. The van der Waals surface area contributed by atoms with Gasteiger partial charge in [-0.15, -0.1) is 0 Å². The summed E-state index contributed by atoms with van der Waals surface area (Å²) in [6, 6.07) is 8.55. The summed E-state index contributed by atoms with van der Waals surface area (Å²) < 4.78 is 0. The molecule has 2 N–H and O–H groups in total. The van der Waals surface area contributed by atoms with Crippen LogP contribution >= 0.6 is 10.0 Å². The van der Waals surface area contributed by atoms with E-state index in [0.717, 1.165) is 18.4 Å². The van der Waals surface area contributed by atoms with Crippen molar-refractivity contribution >= 4 is 10.0 Å². The molecule has 1 aromatic rings. The lowest BCUT2D eigenvalue weighted by Crippen LogP contribution is -2.38. The highest BCUT2D eigenvalue weighted by Gasteiger charge is 2.29. The van der Waals surface area contributed by atoms with Crippen LogP contribution in [0.3, 0.4) is 0 Å². The Labute approximate surface area is 119 Å². The summed E-state index contributed by atoms with van der Waals surface area (Å²) in [6.45, 7) is 0. The molecule has 1 nitrogen and oxygen atoms in total. The van der Waals surface area contributed by atoms with Gasteiger partial charge in [0.1, 0.15) is 0 Å². The molecule has 1 aliphatic carbocycles. The SMILES string of the molecule is CS(C)(C)C#Cc1cccc(C2(N)CCCCC2)c1. The minimum atomic E-state index is -0.768. The van der Waals surface area contributed by atoms with E-state index in [0.29, 0.717) is 0 Å². The fourth-order valence-electron chi connectivity index (χ4n) is 2.59. The Bertz CT molecular complexity index is 496. The predicted octanol–water partition coefficient (Wildman–Crippen LogP) is 3.81. The molecule has 0 saturated heterocycles. The number of hydrogen-bond acceptors (Lipinski definition) is 1. The molecule has 19 heavy (non-hydrogen) atoms. The molecule has 0 heterocycles. The smallest absolute Gasteiger partial charge is 0.0410 e. The molecule has 104 valence electrons. The Hall–Kier alpha value is -0.910. The molecule has 2 rings (SSSR count). The van der Waals surface area contributed by atoms with Gasteiger partial charge in [0.25, 0.3) is 0 Å². The Balaban J connectivity index is 2.26. The van der Waals surface area contributed by atoms with E-state index in [1.54, 1.807) is 0 Å². The molecular weight excluding hydrogens is 250 g/mol. The van der Waals surface area contributed by atoms with Crippen molar-refractivity contribution in [3.05, 3.63) is 35.4 Å². The van der Waals surface area contributed by atoms with Crippen LogP contribution < -0.4 is 5.73 Å². The zero-order valence-corrected chi connectivity index (χ0v) is 13.1. The standard InChI is InChI=1S/C17H25NS/c1-19(2,3)13-10-15-8-7-9-16(14-15)17(18)11-5-4-6-12-17/h7-9,14H,4-6,11-12,18H2,1-3H3. The van der Waals surface area contributed by atoms with Gasteiger partial charge >= 0.3 is 0 Å². The van der Waals surface area contributed by atoms with Crippen molar-refractivity contribution in [2.75, 3.05) is 18.8 Å². The van der Waals surface area contributed by atoms with E-state index in [1.165, 1.54) is 24.8 Å². The second-order valence-corrected chi connectivity index (χ2v) is 10.2. The number of rotatable bonds is 1. The van der Waals surface area contributed by atoms with Gasteiger partial charge in [0.2, 0.25) is 0 Å². The van der Waals surface area contributed by atoms with Crippen LogP contribution in [-0.4, -0.2) is 18.8 Å². The number of nitrogens with two attached hydrogens (primary N) is 1. The Kier molecular flexibility index (Phi) is 4.28. The van der Waals surface area contributed by atoms with Crippen molar-refractivity contribution in [3.8, 4) is 11.2 Å². The van der Waals surface area contributed by atoms with Gasteiger partial charge in [0.15, 0.2) is 0 Å². The second-order valence-electron chi connectivity index (χ2n) is 6.36. The lowest BCUT2D eigenvalue weighted by atomic mass is 9.77. The summed E-state index contributed by atoms with van der Waals surface area (Å²) in [4.78, 5) is 0. The van der Waals surface area contributed by atoms with Gasteiger partial charge in [-0.1, -0.05) is 37.3 Å². The van der Waals surface area contributed by atoms with E-state index in [4.69, 9.17) is 5.73 Å². The largest absolute Gasteiger partial charge is 0.321 e. The highest BCUT2D eigenvalue weighted by Crippen LogP contribution is 2.35. The first-order valence-corrected chi connectivity index (χ1v) is 9.85. The summed E-state index contributed by atoms with van der Waals surface area (Å²) in [5.41, 5.74) is 8.84. The Morgan fingerprint density at radius 1 is 1.11 bits per heavy atom. The monoisotopic (exact) mass is 275 g/mol. The molecule has 0 radical (unpaired) electrons. The van der Waals surface area contributed by atoms with Crippen LogP contribution in [0.5, 0.6) is 0 Å². The third-order valence-corrected chi connectivity index (χ3v) is 4.40. The maximum Gasteiger partial charge on any atom is 0.0410 e. The molecule has 0 amide bonds. The van der Waals surface area contributed by atoms with Crippen LogP contribution in [0.25, 0.3) is 0 Å². The summed E-state index contributed by atoms with van der Waals surface area (Å²) in [5, 5.41) is 3.37. The van der Waals surface area contributed by atoms with Crippen LogP contribution in [0, 0.1) is 11.2 Å². The minimum absolute atomic E-state index is 0.121. The number of hydrogen-bond donors (Lipinski definition) is 1. The van der Waals surface area contributed by atoms with Crippen LogP contribution in [-0.2, 0) is 5.54 Å². The van der Waals surface area contributed by atoms with Gasteiger partial charge in [0.05, 0.1) is 0 Å². The fourth-order valence-corrected chi connectivity index (χ4v) is 3.01. The summed E-state index contributed by atoms with van der Waals surface area (Å²) in [5.74, 6) is 3.31. The van der Waals surface area contributed by atoms with Gasteiger partial charge < -0.3 is 5.73 Å². The second kappa shape index (κ2) is 5.61. The van der Waals surface area contributed by atoms with Gasteiger partial charge in [-0.25, -0.2) is 0 Å². The summed E-state index contributed by atoms with van der Waals surface area (Å²) in [6.07, 6.45) is 12.7. The van der Waals surface area contributed by atoms with Crippen molar-refractivity contribution in [2.24, 2.45) is 5.73 Å². The maximum atomic E-state index is 6.59. The van der Waals surface area contributed by atoms with Crippen molar-refractivity contribution in [1.29, 1.82) is 0 Å². The molecule has 1 saturated carbocycles.